The number of carboxylic acid groups (broad SMARTS) is 2. The molecule has 0 unspecified atom stereocenters. The van der Waals surface area contributed by atoms with E-state index in [1.807, 2.05) is 24.3 Å². The molecular formula is C27H26N2O7. The third-order valence-corrected chi connectivity index (χ3v) is 5.40. The fraction of sp³-hybridized carbons (Fsp3) is 0.185. The molecule has 0 saturated carbocycles. The molecule has 3 aromatic rings. The smallest absolute Gasteiger partial charge is 0.336 e. The number of nitrogens with one attached hydrogen (secondary N) is 2. The van der Waals surface area contributed by atoms with Crippen molar-refractivity contribution in [3.8, 4) is 11.5 Å². The third kappa shape index (κ3) is 5.87. The monoisotopic (exact) mass is 490 g/mol. The Morgan fingerprint density at radius 3 is 1.58 bits per heavy atom. The fourth-order valence-electron chi connectivity index (χ4n) is 3.43. The van der Waals surface area contributed by atoms with Crippen LogP contribution in [0.1, 0.15) is 67.8 Å². The number of anilines is 1. The fourth-order valence-corrected chi connectivity index (χ4v) is 3.43. The molecule has 3 aromatic carbocycles. The molecule has 0 aliphatic heterocycles. The number of aromatic carboxylic acids is 2. The number of benzene rings is 3. The van der Waals surface area contributed by atoms with Crippen molar-refractivity contribution < 1.29 is 34.1 Å². The van der Waals surface area contributed by atoms with E-state index in [-0.39, 0.29) is 16.5 Å². The summed E-state index contributed by atoms with van der Waals surface area (Å²) in [6.07, 6.45) is 0. The first kappa shape index (κ1) is 26.0. The van der Waals surface area contributed by atoms with Gasteiger partial charge in [-0.2, -0.15) is 0 Å². The van der Waals surface area contributed by atoms with Gasteiger partial charge in [-0.1, -0.05) is 32.9 Å². The summed E-state index contributed by atoms with van der Waals surface area (Å²) in [5.41, 5.74) is -0.225. The largest absolute Gasteiger partial charge is 0.478 e. The van der Waals surface area contributed by atoms with Crippen molar-refractivity contribution in [3.05, 3.63) is 88.5 Å². The van der Waals surface area contributed by atoms with Crippen LogP contribution in [0.25, 0.3) is 0 Å². The molecule has 9 nitrogen and oxygen atoms in total. The summed E-state index contributed by atoms with van der Waals surface area (Å²) < 4.78 is 5.84. The summed E-state index contributed by atoms with van der Waals surface area (Å²) in [5, 5.41) is 23.7. The van der Waals surface area contributed by atoms with Crippen LogP contribution in [-0.4, -0.2) is 41.0 Å². The van der Waals surface area contributed by atoms with Gasteiger partial charge in [0, 0.05) is 12.7 Å². The third-order valence-electron chi connectivity index (χ3n) is 5.40. The molecule has 0 heterocycles. The maximum Gasteiger partial charge on any atom is 0.336 e. The molecule has 0 aliphatic rings. The molecule has 4 N–H and O–H groups in total. The van der Waals surface area contributed by atoms with E-state index in [0.29, 0.717) is 17.2 Å². The van der Waals surface area contributed by atoms with Crippen LogP contribution in [0.3, 0.4) is 0 Å². The molecule has 3 rings (SSSR count). The Bertz CT molecular complexity index is 1320. The molecule has 0 radical (unpaired) electrons. The lowest BCUT2D eigenvalue weighted by Gasteiger charge is -2.19. The predicted octanol–water partition coefficient (Wildman–Crippen LogP) is 4.78. The summed E-state index contributed by atoms with van der Waals surface area (Å²) in [6.45, 7) is 6.36. The van der Waals surface area contributed by atoms with Crippen LogP contribution in [0.4, 0.5) is 5.69 Å². The van der Waals surface area contributed by atoms with Gasteiger partial charge in [-0.15, -0.1) is 0 Å². The van der Waals surface area contributed by atoms with Gasteiger partial charge in [-0.25, -0.2) is 9.59 Å². The zero-order valence-electron chi connectivity index (χ0n) is 20.2. The average Bonchev–Trinajstić information content (AvgIpc) is 2.83. The Morgan fingerprint density at radius 1 is 0.694 bits per heavy atom. The highest BCUT2D eigenvalue weighted by Crippen LogP contribution is 2.28. The Morgan fingerprint density at radius 2 is 1.14 bits per heavy atom. The second kappa shape index (κ2) is 10.3. The molecule has 9 heteroatoms. The summed E-state index contributed by atoms with van der Waals surface area (Å²) in [6, 6.07) is 15.9. The van der Waals surface area contributed by atoms with Gasteiger partial charge >= 0.3 is 11.9 Å². The van der Waals surface area contributed by atoms with Crippen molar-refractivity contribution in [1.82, 2.24) is 5.32 Å². The Hall–Kier alpha value is -4.66. The van der Waals surface area contributed by atoms with E-state index in [2.05, 4.69) is 31.4 Å². The molecule has 0 atom stereocenters. The van der Waals surface area contributed by atoms with Crippen LogP contribution < -0.4 is 15.4 Å². The van der Waals surface area contributed by atoms with Gasteiger partial charge in [-0.3, -0.25) is 9.59 Å². The highest BCUT2D eigenvalue weighted by molar-refractivity contribution is 6.14. The molecule has 0 aromatic heterocycles. The number of amides is 2. The van der Waals surface area contributed by atoms with Crippen LogP contribution in [0, 0.1) is 0 Å². The number of ether oxygens (including phenoxy) is 1. The molecule has 186 valence electrons. The van der Waals surface area contributed by atoms with Crippen LogP contribution in [-0.2, 0) is 5.41 Å². The molecule has 0 spiro atoms. The highest BCUT2D eigenvalue weighted by Gasteiger charge is 2.25. The van der Waals surface area contributed by atoms with E-state index in [1.165, 1.54) is 12.6 Å². The minimum Gasteiger partial charge on any atom is -0.478 e. The van der Waals surface area contributed by atoms with Gasteiger partial charge in [0.1, 0.15) is 11.5 Å². The van der Waals surface area contributed by atoms with Crippen molar-refractivity contribution in [3.63, 3.8) is 0 Å². The first-order valence-corrected chi connectivity index (χ1v) is 11.0. The zero-order valence-corrected chi connectivity index (χ0v) is 20.2. The summed E-state index contributed by atoms with van der Waals surface area (Å²) in [7, 11) is 1.29. The number of carbonyl (C=O) groups is 4. The Labute approximate surface area is 207 Å². The molecular weight excluding hydrogens is 464 g/mol. The van der Waals surface area contributed by atoms with Crippen LogP contribution >= 0.6 is 0 Å². The lowest BCUT2D eigenvalue weighted by molar-refractivity contribution is 0.0689. The maximum absolute atomic E-state index is 12.9. The lowest BCUT2D eigenvalue weighted by atomic mass is 9.87. The van der Waals surface area contributed by atoms with E-state index in [4.69, 9.17) is 4.74 Å². The predicted molar refractivity (Wildman–Crippen MR) is 133 cm³/mol. The van der Waals surface area contributed by atoms with Crippen molar-refractivity contribution in [2.45, 2.75) is 26.2 Å². The summed E-state index contributed by atoms with van der Waals surface area (Å²) >= 11 is 0. The van der Waals surface area contributed by atoms with E-state index in [0.717, 1.165) is 12.1 Å². The number of hydrogen-bond donors (Lipinski definition) is 4. The molecule has 0 bridgehead atoms. The molecule has 0 aliphatic carbocycles. The highest BCUT2D eigenvalue weighted by atomic mass is 16.5. The van der Waals surface area contributed by atoms with Crippen molar-refractivity contribution in [1.29, 1.82) is 0 Å². The summed E-state index contributed by atoms with van der Waals surface area (Å²) in [5.74, 6) is -3.42. The zero-order chi connectivity index (χ0) is 26.6. The van der Waals surface area contributed by atoms with Crippen LogP contribution in [0.5, 0.6) is 11.5 Å². The molecule has 2 amide bonds. The first-order valence-electron chi connectivity index (χ1n) is 11.0. The quantitative estimate of drug-likeness (QED) is 0.373. The van der Waals surface area contributed by atoms with Gasteiger partial charge in [0.05, 0.1) is 22.3 Å². The number of carboxylic acids is 2. The van der Waals surface area contributed by atoms with Gasteiger partial charge in [0.15, 0.2) is 0 Å². The summed E-state index contributed by atoms with van der Waals surface area (Å²) in [4.78, 5) is 48.3. The van der Waals surface area contributed by atoms with Gasteiger partial charge < -0.3 is 25.6 Å². The SMILES string of the molecule is CNC(=O)c1cc(C(=O)Nc2ccc(Oc3ccc(C(C)(C)C)cc3)cc2)c(C(=O)O)cc1C(=O)O. The molecule has 36 heavy (non-hydrogen) atoms. The Kier molecular flexibility index (Phi) is 7.43. The average molecular weight is 491 g/mol. The van der Waals surface area contributed by atoms with E-state index in [1.54, 1.807) is 24.3 Å². The van der Waals surface area contributed by atoms with E-state index >= 15 is 0 Å². The van der Waals surface area contributed by atoms with Crippen molar-refractivity contribution >= 4 is 29.4 Å². The second-order valence-electron chi connectivity index (χ2n) is 8.99. The molecule has 0 fully saturated rings. The van der Waals surface area contributed by atoms with Gasteiger partial charge in [0.25, 0.3) is 11.8 Å². The van der Waals surface area contributed by atoms with Crippen molar-refractivity contribution in [2.24, 2.45) is 0 Å². The topological polar surface area (TPSA) is 142 Å². The van der Waals surface area contributed by atoms with E-state index < -0.39 is 34.9 Å². The number of rotatable bonds is 7. The first-order chi connectivity index (χ1) is 16.9. The second-order valence-corrected chi connectivity index (χ2v) is 8.99. The minimum absolute atomic E-state index is 0.0218. The Balaban J connectivity index is 1.82. The van der Waals surface area contributed by atoms with Crippen molar-refractivity contribution in [2.75, 3.05) is 12.4 Å². The molecule has 0 saturated heterocycles. The van der Waals surface area contributed by atoms with Gasteiger partial charge in [-0.05, 0) is 59.5 Å². The lowest BCUT2D eigenvalue weighted by Crippen LogP contribution is -2.24. The number of hydrogen-bond acceptors (Lipinski definition) is 5. The van der Waals surface area contributed by atoms with Gasteiger partial charge in [0.2, 0.25) is 0 Å². The standard InChI is InChI=1S/C27H26N2O7/c1-27(2,3)15-5-9-17(10-6-15)36-18-11-7-16(8-12-18)29-24(31)20-13-19(23(30)28-4)21(25(32)33)14-22(20)26(34)35/h5-14H,1-4H3,(H,28,30)(H,29,31)(H,32,33)(H,34,35). The number of carbonyl (C=O) groups excluding carboxylic acids is 2. The maximum atomic E-state index is 12.9. The van der Waals surface area contributed by atoms with Crippen LogP contribution in [0.2, 0.25) is 0 Å². The minimum atomic E-state index is -1.51. The van der Waals surface area contributed by atoms with E-state index in [9.17, 15) is 29.4 Å². The normalized spacial score (nSPS) is 10.9. The van der Waals surface area contributed by atoms with Crippen LogP contribution in [0.15, 0.2) is 60.7 Å².